The quantitative estimate of drug-likeness (QED) is 0.0275. The molecule has 0 radical (unpaired) electrons. The number of aliphatic hydroxyl groups excluding tert-OH is 1. The Morgan fingerprint density at radius 3 is 2.14 bits per heavy atom. The van der Waals surface area contributed by atoms with Gasteiger partial charge in [0.1, 0.15) is 71.1 Å². The molecule has 4 N–H and O–H groups in total. The second kappa shape index (κ2) is 24.0. The summed E-state index contributed by atoms with van der Waals surface area (Å²) in [6.45, 7) is 1.43. The highest BCUT2D eigenvalue weighted by molar-refractivity contribution is 7.99. The summed E-state index contributed by atoms with van der Waals surface area (Å²) in [5.74, 6) is 1.05. The molecule has 8 aromatic rings. The van der Waals surface area contributed by atoms with E-state index in [0.717, 1.165) is 26.8 Å². The third-order valence-corrected chi connectivity index (χ3v) is 15.1. The standard InChI is InChI=1S/C57H57N7O12S2/c1-35-30-62(56(68)64(51(35)66)34-71-31-36-13-7-4-8-14-36)45-29-43(75-53(67)37-15-9-5-10-16-37)54(76-45)78-28-27-72-48-44(74-52(47(48)65)63-33-59-46-49(63)60-55(58)61-50(46)77)32-73-57(38-17-11-6-12-18-38,39-19-23-41(69-2)24-20-39)40-21-25-42(70-3)26-22-40/h4-26,30,33,43-45,47-48,52,54,65H,27-29,31-32,34H2,1-3H3,(H3,58,60,61,77)/t43?,44-,45?,47-,48-,52-,54?/m1/s1. The van der Waals surface area contributed by atoms with Gasteiger partial charge in [-0.2, -0.15) is 0 Å². The molecule has 19 nitrogen and oxygen atoms in total. The van der Waals surface area contributed by atoms with Crippen LogP contribution >= 0.6 is 24.0 Å². The van der Waals surface area contributed by atoms with Gasteiger partial charge in [0.05, 0.1) is 45.9 Å². The number of imidazole rings is 1. The van der Waals surface area contributed by atoms with Crippen molar-refractivity contribution >= 4 is 47.1 Å². The van der Waals surface area contributed by atoms with Crippen LogP contribution in [-0.4, -0.2) is 103 Å². The SMILES string of the molecule is COc1ccc(C(OC[C@H]2O[C@@H](n3cnc4c(=S)nc(N)[nH]c43)[C@H](O)[C@@H]2OCCSC2OC(n3cc(C)c(=O)n(COCc4ccccc4)c3=O)CC2OC(=O)c2ccccc2)(c2ccccc2)c2ccc(OC)cc2)cc1. The number of ether oxygens (including phenoxy) is 8. The van der Waals surface area contributed by atoms with E-state index in [2.05, 4.69) is 15.0 Å². The third-order valence-electron chi connectivity index (χ3n) is 13.7. The lowest BCUT2D eigenvalue weighted by molar-refractivity contribution is -0.102. The molecule has 10 rings (SSSR count). The first-order valence-electron chi connectivity index (χ1n) is 25.1. The monoisotopic (exact) mass is 1100 g/mol. The van der Waals surface area contributed by atoms with Gasteiger partial charge in [0.15, 0.2) is 16.8 Å². The van der Waals surface area contributed by atoms with Crippen molar-refractivity contribution in [3.63, 3.8) is 0 Å². The molecule has 3 aromatic heterocycles. The second-order valence-electron chi connectivity index (χ2n) is 18.6. The molecule has 2 aliphatic rings. The summed E-state index contributed by atoms with van der Waals surface area (Å²) in [4.78, 5) is 52.7. The number of methoxy groups -OCH3 is 2. The van der Waals surface area contributed by atoms with Crippen LogP contribution in [0.5, 0.6) is 11.5 Å². The van der Waals surface area contributed by atoms with Crippen LogP contribution in [0.3, 0.4) is 0 Å². The molecular formula is C57H57N7O12S2. The van der Waals surface area contributed by atoms with Gasteiger partial charge >= 0.3 is 11.7 Å². The predicted octanol–water partition coefficient (Wildman–Crippen LogP) is 7.45. The molecule has 0 spiro atoms. The molecule has 5 heterocycles. The number of nitrogens with one attached hydrogen (secondary N) is 1. The van der Waals surface area contributed by atoms with Crippen molar-refractivity contribution in [1.82, 2.24) is 28.7 Å². The number of carbonyl (C=O) groups is 1. The van der Waals surface area contributed by atoms with Crippen LogP contribution < -0.4 is 26.5 Å². The molecule has 2 aliphatic heterocycles. The topological polar surface area (TPSA) is 228 Å². The summed E-state index contributed by atoms with van der Waals surface area (Å²) in [5, 5.41) is 12.4. The number of anilines is 1. The Hall–Kier alpha value is -7.47. The molecule has 3 unspecified atom stereocenters. The van der Waals surface area contributed by atoms with E-state index in [1.54, 1.807) is 56.0 Å². The highest BCUT2D eigenvalue weighted by Crippen LogP contribution is 2.44. The van der Waals surface area contributed by atoms with E-state index >= 15 is 0 Å². The maximum absolute atomic E-state index is 14.1. The van der Waals surface area contributed by atoms with Gasteiger partial charge < -0.3 is 53.7 Å². The third kappa shape index (κ3) is 11.3. The van der Waals surface area contributed by atoms with Crippen LogP contribution in [-0.2, 0) is 47.4 Å². The fourth-order valence-corrected chi connectivity index (χ4v) is 11.1. The lowest BCUT2D eigenvalue weighted by atomic mass is 9.80. The first kappa shape index (κ1) is 53.9. The molecule has 21 heteroatoms. The maximum atomic E-state index is 14.1. The van der Waals surface area contributed by atoms with Gasteiger partial charge in [-0.05, 0) is 65.6 Å². The van der Waals surface area contributed by atoms with E-state index in [1.807, 2.05) is 109 Å². The number of nitrogens with two attached hydrogens (primary N) is 1. The van der Waals surface area contributed by atoms with Crippen molar-refractivity contribution in [2.24, 2.45) is 0 Å². The van der Waals surface area contributed by atoms with Crippen LogP contribution in [0.4, 0.5) is 5.95 Å². The second-order valence-corrected chi connectivity index (χ2v) is 20.1. The minimum Gasteiger partial charge on any atom is -0.497 e. The van der Waals surface area contributed by atoms with Crippen LogP contribution in [0.25, 0.3) is 11.2 Å². The zero-order chi connectivity index (χ0) is 54.3. The average Bonchev–Trinajstić information content (AvgIpc) is 4.31. The van der Waals surface area contributed by atoms with Gasteiger partial charge in [-0.1, -0.05) is 115 Å². The Morgan fingerprint density at radius 1 is 0.859 bits per heavy atom. The van der Waals surface area contributed by atoms with Crippen molar-refractivity contribution < 1.29 is 47.8 Å². The Bertz CT molecular complexity index is 3460. The first-order valence-corrected chi connectivity index (χ1v) is 26.5. The number of fused-ring (bicyclic) bond motifs is 1. The van der Waals surface area contributed by atoms with E-state index in [0.29, 0.717) is 33.8 Å². The minimum atomic E-state index is -1.31. The number of hydrogen-bond acceptors (Lipinski definition) is 17. The molecule has 0 bridgehead atoms. The molecule has 78 heavy (non-hydrogen) atoms. The van der Waals surface area contributed by atoms with Gasteiger partial charge in [0.25, 0.3) is 5.56 Å². The average molecular weight is 1100 g/mol. The molecule has 0 aliphatic carbocycles. The Labute approximate surface area is 457 Å². The Kier molecular flexibility index (Phi) is 16.6. The van der Waals surface area contributed by atoms with Gasteiger partial charge in [0.2, 0.25) is 0 Å². The van der Waals surface area contributed by atoms with Crippen molar-refractivity contribution in [2.45, 2.75) is 74.6 Å². The number of aryl methyl sites for hydroxylation is 1. The number of benzene rings is 5. The van der Waals surface area contributed by atoms with Gasteiger partial charge in [-0.3, -0.25) is 13.9 Å². The van der Waals surface area contributed by atoms with Gasteiger partial charge in [-0.25, -0.2) is 24.1 Å². The van der Waals surface area contributed by atoms with Crippen LogP contribution in [0.2, 0.25) is 0 Å². The largest absolute Gasteiger partial charge is 0.497 e. The van der Waals surface area contributed by atoms with Crippen molar-refractivity contribution in [3.05, 3.63) is 211 Å². The number of nitrogen functional groups attached to an aromatic ring is 1. The zero-order valence-corrected chi connectivity index (χ0v) is 44.4. The predicted molar refractivity (Wildman–Crippen MR) is 293 cm³/mol. The van der Waals surface area contributed by atoms with E-state index in [-0.39, 0.29) is 49.3 Å². The fourth-order valence-electron chi connectivity index (χ4n) is 9.79. The number of nitrogens with zero attached hydrogens (tertiary/aromatic N) is 5. The number of aliphatic hydroxyl groups is 1. The van der Waals surface area contributed by atoms with Crippen LogP contribution in [0, 0.1) is 11.6 Å². The number of aromatic amines is 1. The molecule has 0 saturated carbocycles. The summed E-state index contributed by atoms with van der Waals surface area (Å²) in [5.41, 5.74) is 7.56. The Morgan fingerprint density at radius 2 is 1.49 bits per heavy atom. The number of carbonyl (C=O) groups excluding carboxylic acids is 1. The highest BCUT2D eigenvalue weighted by Gasteiger charge is 2.49. The Balaban J connectivity index is 0.929. The van der Waals surface area contributed by atoms with E-state index in [4.69, 9.17) is 55.8 Å². The molecule has 2 saturated heterocycles. The molecular weight excluding hydrogens is 1040 g/mol. The summed E-state index contributed by atoms with van der Waals surface area (Å²) >= 11 is 6.79. The van der Waals surface area contributed by atoms with Crippen LogP contribution in [0.15, 0.2) is 162 Å². The number of rotatable bonds is 21. The number of hydrogen-bond donors (Lipinski definition) is 3. The van der Waals surface area contributed by atoms with Gasteiger partial charge in [0, 0.05) is 23.9 Å². The summed E-state index contributed by atoms with van der Waals surface area (Å²) in [6.07, 6.45) is -3.04. The lowest BCUT2D eigenvalue weighted by Crippen LogP contribution is -2.42. The fraction of sp³-hybridized carbons (Fsp3) is 0.298. The van der Waals surface area contributed by atoms with Crippen molar-refractivity contribution in [3.8, 4) is 11.5 Å². The smallest absolute Gasteiger partial charge is 0.338 e. The van der Waals surface area contributed by atoms with Gasteiger partial charge in [-0.15, -0.1) is 11.8 Å². The zero-order valence-electron chi connectivity index (χ0n) is 42.8. The maximum Gasteiger partial charge on any atom is 0.338 e. The molecule has 404 valence electrons. The first-order chi connectivity index (χ1) is 37.9. The highest BCUT2D eigenvalue weighted by atomic mass is 32.2. The summed E-state index contributed by atoms with van der Waals surface area (Å²) < 4.78 is 54.5. The van der Waals surface area contributed by atoms with Crippen LogP contribution in [0.1, 0.15) is 57.1 Å². The number of H-pyrrole nitrogens is 1. The molecule has 7 atom stereocenters. The summed E-state index contributed by atoms with van der Waals surface area (Å²) in [7, 11) is 3.21. The van der Waals surface area contributed by atoms with E-state index in [1.165, 1.54) is 28.9 Å². The lowest BCUT2D eigenvalue weighted by Gasteiger charge is -2.37. The number of esters is 1. The molecule has 5 aromatic carbocycles. The van der Waals surface area contributed by atoms with E-state index in [9.17, 15) is 19.5 Å². The number of aromatic nitrogens is 6. The number of thioether (sulfide) groups is 1. The van der Waals surface area contributed by atoms with Crippen molar-refractivity contribution in [2.75, 3.05) is 38.9 Å². The minimum absolute atomic E-state index is 0.0380. The van der Waals surface area contributed by atoms with E-state index < -0.39 is 65.1 Å². The summed E-state index contributed by atoms with van der Waals surface area (Å²) in [6, 6.07) is 43.0. The molecule has 2 fully saturated rings. The van der Waals surface area contributed by atoms with Crippen molar-refractivity contribution in [1.29, 1.82) is 0 Å². The molecule has 0 amide bonds. The normalized spacial score (nSPS) is 20.2.